The van der Waals surface area contributed by atoms with Gasteiger partial charge in [0, 0.05) is 30.1 Å². The third-order valence-corrected chi connectivity index (χ3v) is 5.87. The second kappa shape index (κ2) is 7.91. The number of rotatable bonds is 5. The number of piperidine rings is 1. The van der Waals surface area contributed by atoms with Crippen LogP contribution in [0.25, 0.3) is 0 Å². The lowest BCUT2D eigenvalue weighted by Gasteiger charge is -2.37. The van der Waals surface area contributed by atoms with E-state index in [4.69, 9.17) is 5.26 Å². The average molecular weight is 345 g/mol. The van der Waals surface area contributed by atoms with Gasteiger partial charge in [-0.25, -0.2) is 4.79 Å². The zero-order chi connectivity index (χ0) is 16.9. The number of aliphatic hydroxyl groups excluding tert-OH is 1. The fourth-order valence-electron chi connectivity index (χ4n) is 3.74. The third kappa shape index (κ3) is 3.85. The Morgan fingerprint density at radius 1 is 1.33 bits per heavy atom. The van der Waals surface area contributed by atoms with Gasteiger partial charge in [0.25, 0.3) is 0 Å². The number of aliphatic hydroxyl groups is 1. The van der Waals surface area contributed by atoms with Crippen LogP contribution in [-0.4, -0.2) is 46.5 Å². The number of fused-ring (bicyclic) bond motifs is 2. The van der Waals surface area contributed by atoms with Crippen LogP contribution < -0.4 is 5.32 Å². The smallest absolute Gasteiger partial charge is 0.317 e. The number of amides is 2. The van der Waals surface area contributed by atoms with Gasteiger partial charge in [-0.2, -0.15) is 17.0 Å². The van der Waals surface area contributed by atoms with E-state index in [9.17, 15) is 9.90 Å². The standard InChI is InChI=1S/C18H23N3O2S/c19-11-13-3-1-2-4-14(13)12-24-8-7-20-18(23)21-15-5-6-16(21)10-17(22)9-15/h1-4,15-17,22H,5-10,12H2,(H,20,23). The highest BCUT2D eigenvalue weighted by atomic mass is 32.2. The zero-order valence-corrected chi connectivity index (χ0v) is 14.5. The van der Waals surface area contributed by atoms with Crippen molar-refractivity contribution in [3.05, 3.63) is 35.4 Å². The van der Waals surface area contributed by atoms with Gasteiger partial charge in [0.05, 0.1) is 17.7 Å². The highest BCUT2D eigenvalue weighted by Gasteiger charge is 2.42. The molecule has 3 rings (SSSR count). The SMILES string of the molecule is N#Cc1ccccc1CSCCNC(=O)N1C2CCC1CC(O)C2. The molecule has 2 atom stereocenters. The summed E-state index contributed by atoms with van der Waals surface area (Å²) in [5, 5.41) is 21.9. The van der Waals surface area contributed by atoms with Crippen LogP contribution in [0.4, 0.5) is 4.79 Å². The summed E-state index contributed by atoms with van der Waals surface area (Å²) in [4.78, 5) is 14.3. The second-order valence-corrected chi connectivity index (χ2v) is 7.58. The molecule has 2 amide bonds. The molecule has 0 aromatic heterocycles. The molecule has 2 heterocycles. The number of thioether (sulfide) groups is 1. The second-order valence-electron chi connectivity index (χ2n) is 6.47. The van der Waals surface area contributed by atoms with Crippen molar-refractivity contribution in [3.63, 3.8) is 0 Å². The quantitative estimate of drug-likeness (QED) is 0.804. The molecule has 2 aliphatic heterocycles. The van der Waals surface area contributed by atoms with Crippen LogP contribution in [0.15, 0.2) is 24.3 Å². The lowest BCUT2D eigenvalue weighted by Crippen LogP contribution is -2.52. The van der Waals surface area contributed by atoms with Crippen molar-refractivity contribution in [1.82, 2.24) is 10.2 Å². The molecule has 2 N–H and O–H groups in total. The molecular formula is C18H23N3O2S. The van der Waals surface area contributed by atoms with Gasteiger partial charge in [-0.15, -0.1) is 0 Å². The zero-order valence-electron chi connectivity index (χ0n) is 13.6. The number of carbonyl (C=O) groups is 1. The summed E-state index contributed by atoms with van der Waals surface area (Å²) in [5.74, 6) is 1.60. The molecule has 2 unspecified atom stereocenters. The van der Waals surface area contributed by atoms with Crippen LogP contribution in [-0.2, 0) is 5.75 Å². The van der Waals surface area contributed by atoms with Crippen LogP contribution in [0.5, 0.6) is 0 Å². The molecular weight excluding hydrogens is 322 g/mol. The van der Waals surface area contributed by atoms with Crippen molar-refractivity contribution in [2.75, 3.05) is 12.3 Å². The molecule has 5 nitrogen and oxygen atoms in total. The Labute approximate surface area is 147 Å². The number of carbonyl (C=O) groups excluding carboxylic acids is 1. The van der Waals surface area contributed by atoms with Crippen molar-refractivity contribution >= 4 is 17.8 Å². The summed E-state index contributed by atoms with van der Waals surface area (Å²) in [6.07, 6.45) is 3.19. The molecule has 2 bridgehead atoms. The molecule has 2 saturated heterocycles. The minimum absolute atomic E-state index is 0.00688. The molecule has 2 fully saturated rings. The van der Waals surface area contributed by atoms with Crippen LogP contribution in [0, 0.1) is 11.3 Å². The lowest BCUT2D eigenvalue weighted by atomic mass is 10.0. The van der Waals surface area contributed by atoms with Gasteiger partial charge in [0.15, 0.2) is 0 Å². The van der Waals surface area contributed by atoms with E-state index >= 15 is 0 Å². The highest BCUT2D eigenvalue weighted by Crippen LogP contribution is 2.35. The van der Waals surface area contributed by atoms with Gasteiger partial charge in [-0.05, 0) is 37.3 Å². The first kappa shape index (κ1) is 17.1. The number of hydrogen-bond acceptors (Lipinski definition) is 4. The van der Waals surface area contributed by atoms with E-state index in [2.05, 4.69) is 11.4 Å². The Morgan fingerprint density at radius 2 is 2.04 bits per heavy atom. The molecule has 128 valence electrons. The number of hydrogen-bond donors (Lipinski definition) is 2. The molecule has 0 saturated carbocycles. The van der Waals surface area contributed by atoms with Crippen LogP contribution in [0.2, 0.25) is 0 Å². The Kier molecular flexibility index (Phi) is 5.64. The van der Waals surface area contributed by atoms with Crippen molar-refractivity contribution < 1.29 is 9.90 Å². The van der Waals surface area contributed by atoms with E-state index in [0.717, 1.165) is 35.5 Å². The fourth-order valence-corrected chi connectivity index (χ4v) is 4.60. The Balaban J connectivity index is 1.39. The van der Waals surface area contributed by atoms with Gasteiger partial charge >= 0.3 is 6.03 Å². The molecule has 2 aliphatic rings. The molecule has 0 radical (unpaired) electrons. The van der Waals surface area contributed by atoms with Crippen LogP contribution in [0.3, 0.4) is 0 Å². The van der Waals surface area contributed by atoms with E-state index in [1.165, 1.54) is 0 Å². The van der Waals surface area contributed by atoms with Gasteiger partial charge < -0.3 is 15.3 Å². The third-order valence-electron chi connectivity index (χ3n) is 4.86. The summed E-state index contributed by atoms with van der Waals surface area (Å²) in [6.45, 7) is 0.622. The van der Waals surface area contributed by atoms with E-state index in [-0.39, 0.29) is 24.2 Å². The van der Waals surface area contributed by atoms with Crippen LogP contribution in [0.1, 0.15) is 36.8 Å². The molecule has 0 spiro atoms. The first-order valence-corrected chi connectivity index (χ1v) is 9.64. The maximum absolute atomic E-state index is 12.4. The molecule has 6 heteroatoms. The van der Waals surface area contributed by atoms with Gasteiger partial charge in [0.2, 0.25) is 0 Å². The topological polar surface area (TPSA) is 76.4 Å². The summed E-state index contributed by atoms with van der Waals surface area (Å²) in [6, 6.07) is 10.2. The molecule has 24 heavy (non-hydrogen) atoms. The number of nitriles is 1. The Hall–Kier alpha value is -1.71. The van der Waals surface area contributed by atoms with E-state index < -0.39 is 0 Å². The predicted molar refractivity (Wildman–Crippen MR) is 94.6 cm³/mol. The summed E-state index contributed by atoms with van der Waals surface area (Å²) in [7, 11) is 0. The monoisotopic (exact) mass is 345 g/mol. The largest absolute Gasteiger partial charge is 0.393 e. The summed E-state index contributed by atoms with van der Waals surface area (Å²) in [5.41, 5.74) is 1.76. The Bertz CT molecular complexity index is 617. The molecule has 1 aromatic rings. The number of nitrogens with zero attached hydrogens (tertiary/aromatic N) is 2. The molecule has 1 aromatic carbocycles. The number of nitrogens with one attached hydrogen (secondary N) is 1. The van der Waals surface area contributed by atoms with E-state index in [0.29, 0.717) is 19.4 Å². The number of benzene rings is 1. The fraction of sp³-hybridized carbons (Fsp3) is 0.556. The van der Waals surface area contributed by atoms with Crippen molar-refractivity contribution in [3.8, 4) is 6.07 Å². The maximum atomic E-state index is 12.4. The molecule has 0 aliphatic carbocycles. The van der Waals surface area contributed by atoms with Crippen molar-refractivity contribution in [1.29, 1.82) is 5.26 Å². The number of urea groups is 1. The van der Waals surface area contributed by atoms with Crippen LogP contribution >= 0.6 is 11.8 Å². The van der Waals surface area contributed by atoms with Crippen molar-refractivity contribution in [2.45, 2.75) is 49.6 Å². The average Bonchev–Trinajstić information content (AvgIpc) is 2.86. The predicted octanol–water partition coefficient (Wildman–Crippen LogP) is 2.49. The highest BCUT2D eigenvalue weighted by molar-refractivity contribution is 7.98. The normalized spacial score (nSPS) is 25.3. The Morgan fingerprint density at radius 3 is 2.75 bits per heavy atom. The summed E-state index contributed by atoms with van der Waals surface area (Å²) < 4.78 is 0. The van der Waals surface area contributed by atoms with E-state index in [1.54, 1.807) is 11.8 Å². The van der Waals surface area contributed by atoms with Crippen molar-refractivity contribution in [2.24, 2.45) is 0 Å². The first-order chi connectivity index (χ1) is 11.7. The summed E-state index contributed by atoms with van der Waals surface area (Å²) >= 11 is 1.72. The minimum atomic E-state index is -0.248. The van der Waals surface area contributed by atoms with Gasteiger partial charge in [-0.1, -0.05) is 18.2 Å². The minimum Gasteiger partial charge on any atom is -0.393 e. The first-order valence-electron chi connectivity index (χ1n) is 8.49. The van der Waals surface area contributed by atoms with E-state index in [1.807, 2.05) is 29.2 Å². The van der Waals surface area contributed by atoms with Gasteiger partial charge in [-0.3, -0.25) is 0 Å². The maximum Gasteiger partial charge on any atom is 0.317 e. The van der Waals surface area contributed by atoms with Gasteiger partial charge in [0.1, 0.15) is 0 Å². The lowest BCUT2D eigenvalue weighted by molar-refractivity contribution is 0.0544.